The number of hydrogen-bond acceptors (Lipinski definition) is 3. The molecule has 5 nitrogen and oxygen atoms in total. The normalized spacial score (nSPS) is 21.0. The molecule has 1 heterocycles. The lowest BCUT2D eigenvalue weighted by Crippen LogP contribution is -2.48. The molecule has 0 bridgehead atoms. The van der Waals surface area contributed by atoms with E-state index in [9.17, 15) is 14.0 Å². The molecule has 1 saturated heterocycles. The van der Waals surface area contributed by atoms with Gasteiger partial charge in [0.1, 0.15) is 11.9 Å². The zero-order chi connectivity index (χ0) is 20.6. The van der Waals surface area contributed by atoms with E-state index in [2.05, 4.69) is 5.32 Å². The Morgan fingerprint density at radius 3 is 2.69 bits per heavy atom. The first-order valence-corrected chi connectivity index (χ1v) is 11.0. The molecule has 0 aromatic heterocycles. The summed E-state index contributed by atoms with van der Waals surface area (Å²) in [6.45, 7) is 3.20. The maximum Gasteiger partial charge on any atom is 0.245 e. The third kappa shape index (κ3) is 6.81. The van der Waals surface area contributed by atoms with Crippen LogP contribution < -0.4 is 5.32 Å². The van der Waals surface area contributed by atoms with Gasteiger partial charge >= 0.3 is 0 Å². The molecule has 29 heavy (non-hydrogen) atoms. The predicted octanol–water partition coefficient (Wildman–Crippen LogP) is 3.81. The van der Waals surface area contributed by atoms with Gasteiger partial charge in [0.2, 0.25) is 11.8 Å². The van der Waals surface area contributed by atoms with Crippen LogP contribution in [0.2, 0.25) is 0 Å². The molecule has 3 rings (SSSR count). The monoisotopic (exact) mass is 404 g/mol. The van der Waals surface area contributed by atoms with Gasteiger partial charge in [-0.05, 0) is 56.2 Å². The molecule has 160 valence electrons. The lowest BCUT2D eigenvalue weighted by Gasteiger charge is -2.29. The lowest BCUT2D eigenvalue weighted by molar-refractivity contribution is -0.138. The second kappa shape index (κ2) is 10.7. The summed E-state index contributed by atoms with van der Waals surface area (Å²) in [6, 6.07) is 5.69. The summed E-state index contributed by atoms with van der Waals surface area (Å²) >= 11 is 0. The van der Waals surface area contributed by atoms with E-state index in [4.69, 9.17) is 4.74 Å². The molecule has 1 saturated carbocycles. The highest BCUT2D eigenvalue weighted by atomic mass is 19.1. The fraction of sp³-hybridized carbons (Fsp3) is 0.652. The molecule has 0 radical (unpaired) electrons. The van der Waals surface area contributed by atoms with Gasteiger partial charge in [-0.1, -0.05) is 31.4 Å². The predicted molar refractivity (Wildman–Crippen MR) is 110 cm³/mol. The summed E-state index contributed by atoms with van der Waals surface area (Å²) in [6.07, 6.45) is 8.22. The number of halogens is 1. The Balaban J connectivity index is 1.59. The van der Waals surface area contributed by atoms with Crippen molar-refractivity contribution in [3.05, 3.63) is 35.6 Å². The van der Waals surface area contributed by atoms with Crippen molar-refractivity contribution in [3.8, 4) is 0 Å². The van der Waals surface area contributed by atoms with Gasteiger partial charge in [-0.3, -0.25) is 9.59 Å². The highest BCUT2D eigenvalue weighted by molar-refractivity contribution is 5.87. The van der Waals surface area contributed by atoms with E-state index in [0.29, 0.717) is 32.0 Å². The van der Waals surface area contributed by atoms with Gasteiger partial charge in [0.15, 0.2) is 0 Å². The molecule has 1 aliphatic carbocycles. The number of benzene rings is 1. The maximum absolute atomic E-state index is 13.6. The van der Waals surface area contributed by atoms with Crippen LogP contribution in [-0.2, 0) is 20.9 Å². The Morgan fingerprint density at radius 2 is 2.00 bits per heavy atom. The van der Waals surface area contributed by atoms with E-state index in [-0.39, 0.29) is 23.7 Å². The zero-order valence-electron chi connectivity index (χ0n) is 17.4. The zero-order valence-corrected chi connectivity index (χ0v) is 17.4. The van der Waals surface area contributed by atoms with Crippen molar-refractivity contribution in [1.82, 2.24) is 10.2 Å². The molecule has 1 aromatic rings. The number of hydrogen-bond donors (Lipinski definition) is 1. The van der Waals surface area contributed by atoms with Crippen LogP contribution in [0.1, 0.15) is 63.9 Å². The van der Waals surface area contributed by atoms with Crippen molar-refractivity contribution in [3.63, 3.8) is 0 Å². The molecule has 2 amide bonds. The van der Waals surface area contributed by atoms with Crippen molar-refractivity contribution in [2.75, 3.05) is 13.2 Å². The van der Waals surface area contributed by atoms with Gasteiger partial charge in [-0.15, -0.1) is 0 Å². The summed E-state index contributed by atoms with van der Waals surface area (Å²) in [5.74, 6) is -0.0930. The van der Waals surface area contributed by atoms with Crippen LogP contribution >= 0.6 is 0 Å². The molecule has 1 aromatic carbocycles. The summed E-state index contributed by atoms with van der Waals surface area (Å²) in [4.78, 5) is 27.2. The molecule has 1 aliphatic heterocycles. The SMILES string of the molecule is CC(NC(=O)CC1CCCCC1)C(=O)N(Cc1cccc(F)c1)CC1CCCO1. The number of carbonyl (C=O) groups excluding carboxylic acids is 2. The third-order valence-corrected chi connectivity index (χ3v) is 5.97. The molecule has 2 atom stereocenters. The molecule has 2 aliphatic rings. The number of ether oxygens (including phenoxy) is 1. The van der Waals surface area contributed by atoms with Gasteiger partial charge in [0.25, 0.3) is 0 Å². The Morgan fingerprint density at radius 1 is 1.21 bits per heavy atom. The van der Waals surface area contributed by atoms with Crippen molar-refractivity contribution < 1.29 is 18.7 Å². The van der Waals surface area contributed by atoms with Gasteiger partial charge in [0.05, 0.1) is 6.10 Å². The number of nitrogens with zero attached hydrogens (tertiary/aromatic N) is 1. The van der Waals surface area contributed by atoms with Gasteiger partial charge in [-0.25, -0.2) is 4.39 Å². The van der Waals surface area contributed by atoms with Crippen molar-refractivity contribution in [1.29, 1.82) is 0 Å². The van der Waals surface area contributed by atoms with Crippen LogP contribution in [0.4, 0.5) is 4.39 Å². The van der Waals surface area contributed by atoms with E-state index in [0.717, 1.165) is 31.2 Å². The molecular weight excluding hydrogens is 371 g/mol. The quantitative estimate of drug-likeness (QED) is 0.717. The van der Waals surface area contributed by atoms with Crippen LogP contribution in [0.3, 0.4) is 0 Å². The fourth-order valence-electron chi connectivity index (χ4n) is 4.41. The number of nitrogens with one attached hydrogen (secondary N) is 1. The summed E-state index contributed by atoms with van der Waals surface area (Å²) < 4.78 is 19.3. The molecule has 2 fully saturated rings. The number of carbonyl (C=O) groups is 2. The van der Waals surface area contributed by atoms with Crippen LogP contribution in [-0.4, -0.2) is 42.0 Å². The average molecular weight is 405 g/mol. The highest BCUT2D eigenvalue weighted by Crippen LogP contribution is 2.26. The summed E-state index contributed by atoms with van der Waals surface area (Å²) in [5, 5.41) is 2.88. The minimum absolute atomic E-state index is 0.00218. The van der Waals surface area contributed by atoms with E-state index < -0.39 is 6.04 Å². The van der Waals surface area contributed by atoms with E-state index in [1.54, 1.807) is 17.9 Å². The molecule has 2 unspecified atom stereocenters. The van der Waals surface area contributed by atoms with Crippen LogP contribution in [0.5, 0.6) is 0 Å². The lowest BCUT2D eigenvalue weighted by atomic mass is 9.87. The first-order valence-electron chi connectivity index (χ1n) is 11.0. The number of rotatable bonds is 8. The Hall–Kier alpha value is -1.95. The van der Waals surface area contributed by atoms with Crippen molar-refractivity contribution >= 4 is 11.8 Å². The Labute approximate surface area is 173 Å². The molecule has 1 N–H and O–H groups in total. The Kier molecular flexibility index (Phi) is 8.04. The second-order valence-corrected chi connectivity index (χ2v) is 8.48. The second-order valence-electron chi connectivity index (χ2n) is 8.48. The van der Waals surface area contributed by atoms with Crippen molar-refractivity contribution in [2.24, 2.45) is 5.92 Å². The summed E-state index contributed by atoms with van der Waals surface area (Å²) in [5.41, 5.74) is 0.733. The average Bonchev–Trinajstić information content (AvgIpc) is 3.21. The molecule has 0 spiro atoms. The first-order chi connectivity index (χ1) is 14.0. The minimum atomic E-state index is -0.610. The van der Waals surface area contributed by atoms with E-state index >= 15 is 0 Å². The van der Waals surface area contributed by atoms with Crippen LogP contribution in [0, 0.1) is 11.7 Å². The third-order valence-electron chi connectivity index (χ3n) is 5.97. The van der Waals surface area contributed by atoms with Crippen molar-refractivity contribution in [2.45, 2.75) is 77.0 Å². The highest BCUT2D eigenvalue weighted by Gasteiger charge is 2.27. The standard InChI is InChI=1S/C23H33FN2O3/c1-17(25-22(27)14-18-7-3-2-4-8-18)23(28)26(16-21-11-6-12-29-21)15-19-9-5-10-20(24)13-19/h5,9-10,13,17-18,21H,2-4,6-8,11-12,14-16H2,1H3,(H,25,27). The Bertz CT molecular complexity index is 684. The maximum atomic E-state index is 13.6. The minimum Gasteiger partial charge on any atom is -0.376 e. The molecule has 6 heteroatoms. The largest absolute Gasteiger partial charge is 0.376 e. The smallest absolute Gasteiger partial charge is 0.245 e. The van der Waals surface area contributed by atoms with Crippen LogP contribution in [0.15, 0.2) is 24.3 Å². The van der Waals surface area contributed by atoms with Crippen LogP contribution in [0.25, 0.3) is 0 Å². The van der Waals surface area contributed by atoms with Gasteiger partial charge in [0, 0.05) is 26.1 Å². The first kappa shape index (κ1) is 21.8. The number of amides is 2. The van der Waals surface area contributed by atoms with E-state index in [1.165, 1.54) is 31.4 Å². The van der Waals surface area contributed by atoms with Gasteiger partial charge < -0.3 is 15.0 Å². The van der Waals surface area contributed by atoms with Gasteiger partial charge in [-0.2, -0.15) is 0 Å². The van der Waals surface area contributed by atoms with E-state index in [1.807, 2.05) is 6.07 Å². The molecular formula is C23H33FN2O3. The topological polar surface area (TPSA) is 58.6 Å². The summed E-state index contributed by atoms with van der Waals surface area (Å²) in [7, 11) is 0. The fourth-order valence-corrected chi connectivity index (χ4v) is 4.41.